The van der Waals surface area contributed by atoms with Crippen LogP contribution in [0.4, 0.5) is 0 Å². The van der Waals surface area contributed by atoms with E-state index in [2.05, 4.69) is 18.3 Å². The van der Waals surface area contributed by atoms with Gasteiger partial charge in [-0.05, 0) is 61.3 Å². The molecule has 1 aromatic rings. The molecule has 19 heavy (non-hydrogen) atoms. The van der Waals surface area contributed by atoms with Gasteiger partial charge in [-0.3, -0.25) is 0 Å². The van der Waals surface area contributed by atoms with Gasteiger partial charge in [0.2, 0.25) is 0 Å². The van der Waals surface area contributed by atoms with Crippen molar-refractivity contribution in [2.45, 2.75) is 64.0 Å². The SMILES string of the molecule is CCC(CC1CC1)NC1CCCc2cc(O)ccc21. The van der Waals surface area contributed by atoms with Gasteiger partial charge in [0.1, 0.15) is 5.75 Å². The molecule has 2 heteroatoms. The number of aryl methyl sites for hydroxylation is 1. The van der Waals surface area contributed by atoms with E-state index in [0.717, 1.165) is 12.3 Å². The van der Waals surface area contributed by atoms with Gasteiger partial charge in [0.05, 0.1) is 0 Å². The Hall–Kier alpha value is -1.02. The average molecular weight is 259 g/mol. The number of aromatic hydroxyl groups is 1. The highest BCUT2D eigenvalue weighted by Gasteiger charge is 2.27. The number of rotatable bonds is 5. The minimum atomic E-state index is 0.407. The smallest absolute Gasteiger partial charge is 0.115 e. The Morgan fingerprint density at radius 1 is 1.32 bits per heavy atom. The van der Waals surface area contributed by atoms with Crippen molar-refractivity contribution in [2.24, 2.45) is 5.92 Å². The van der Waals surface area contributed by atoms with Crippen LogP contribution in [0.3, 0.4) is 0 Å². The van der Waals surface area contributed by atoms with Gasteiger partial charge in [0.25, 0.3) is 0 Å². The van der Waals surface area contributed by atoms with E-state index < -0.39 is 0 Å². The van der Waals surface area contributed by atoms with Crippen molar-refractivity contribution in [2.75, 3.05) is 0 Å². The zero-order valence-electron chi connectivity index (χ0n) is 11.9. The fourth-order valence-electron chi connectivity index (χ4n) is 3.37. The Morgan fingerprint density at radius 2 is 2.16 bits per heavy atom. The Balaban J connectivity index is 1.71. The molecule has 0 saturated heterocycles. The summed E-state index contributed by atoms with van der Waals surface area (Å²) in [5.74, 6) is 1.39. The molecule has 2 unspecified atom stereocenters. The first kappa shape index (κ1) is 13.0. The summed E-state index contributed by atoms with van der Waals surface area (Å²) in [6.45, 7) is 2.29. The van der Waals surface area contributed by atoms with Crippen LogP contribution >= 0.6 is 0 Å². The third-order valence-corrected chi connectivity index (χ3v) is 4.69. The van der Waals surface area contributed by atoms with Crippen molar-refractivity contribution >= 4 is 0 Å². The second-order valence-corrected chi connectivity index (χ2v) is 6.28. The summed E-state index contributed by atoms with van der Waals surface area (Å²) in [5, 5.41) is 13.5. The van der Waals surface area contributed by atoms with Crippen LogP contribution in [0.5, 0.6) is 5.75 Å². The molecule has 0 spiro atoms. The number of hydrogen-bond acceptors (Lipinski definition) is 2. The summed E-state index contributed by atoms with van der Waals surface area (Å²) < 4.78 is 0. The number of benzene rings is 1. The summed E-state index contributed by atoms with van der Waals surface area (Å²) in [5.41, 5.74) is 2.75. The maximum absolute atomic E-state index is 9.61. The van der Waals surface area contributed by atoms with Gasteiger partial charge < -0.3 is 10.4 Å². The number of fused-ring (bicyclic) bond motifs is 1. The minimum absolute atomic E-state index is 0.407. The van der Waals surface area contributed by atoms with Crippen LogP contribution in [-0.2, 0) is 6.42 Å². The third-order valence-electron chi connectivity index (χ3n) is 4.69. The lowest BCUT2D eigenvalue weighted by atomic mass is 9.86. The van der Waals surface area contributed by atoms with Gasteiger partial charge >= 0.3 is 0 Å². The van der Waals surface area contributed by atoms with E-state index in [1.165, 1.54) is 49.7 Å². The summed E-state index contributed by atoms with van der Waals surface area (Å²) >= 11 is 0. The molecule has 0 heterocycles. The summed E-state index contributed by atoms with van der Waals surface area (Å²) in [6.07, 6.45) is 9.02. The average Bonchev–Trinajstić information content (AvgIpc) is 3.21. The molecule has 0 aliphatic heterocycles. The van der Waals surface area contributed by atoms with E-state index in [1.807, 2.05) is 12.1 Å². The molecule has 2 N–H and O–H groups in total. The topological polar surface area (TPSA) is 32.3 Å². The van der Waals surface area contributed by atoms with E-state index in [9.17, 15) is 5.11 Å². The third kappa shape index (κ3) is 3.11. The second kappa shape index (κ2) is 5.54. The van der Waals surface area contributed by atoms with Crippen molar-refractivity contribution in [3.05, 3.63) is 29.3 Å². The van der Waals surface area contributed by atoms with Gasteiger partial charge in [-0.25, -0.2) is 0 Å². The quantitative estimate of drug-likeness (QED) is 0.839. The van der Waals surface area contributed by atoms with Crippen LogP contribution in [0.1, 0.15) is 62.6 Å². The summed E-state index contributed by atoms with van der Waals surface area (Å²) in [6, 6.07) is 7.06. The molecule has 0 aromatic heterocycles. The highest BCUT2D eigenvalue weighted by atomic mass is 16.3. The number of phenols is 1. The molecule has 0 amide bonds. The maximum Gasteiger partial charge on any atom is 0.115 e. The van der Waals surface area contributed by atoms with Crippen molar-refractivity contribution in [3.63, 3.8) is 0 Å². The van der Waals surface area contributed by atoms with Crippen molar-refractivity contribution < 1.29 is 5.11 Å². The molecule has 0 bridgehead atoms. The van der Waals surface area contributed by atoms with Gasteiger partial charge in [-0.15, -0.1) is 0 Å². The van der Waals surface area contributed by atoms with Crippen molar-refractivity contribution in [1.82, 2.24) is 5.32 Å². The number of nitrogens with one attached hydrogen (secondary N) is 1. The van der Waals surface area contributed by atoms with Crippen molar-refractivity contribution in [3.8, 4) is 5.75 Å². The lowest BCUT2D eigenvalue weighted by Gasteiger charge is -2.30. The Morgan fingerprint density at radius 3 is 2.89 bits per heavy atom. The molecular weight excluding hydrogens is 234 g/mol. The monoisotopic (exact) mass is 259 g/mol. The number of phenolic OH excluding ortho intramolecular Hbond substituents is 1. The van der Waals surface area contributed by atoms with Crippen LogP contribution in [0.15, 0.2) is 18.2 Å². The molecule has 2 nitrogen and oxygen atoms in total. The van der Waals surface area contributed by atoms with E-state index >= 15 is 0 Å². The molecular formula is C17H25NO. The highest BCUT2D eigenvalue weighted by Crippen LogP contribution is 2.36. The zero-order chi connectivity index (χ0) is 13.2. The molecule has 1 aromatic carbocycles. The molecule has 2 aliphatic carbocycles. The van der Waals surface area contributed by atoms with Gasteiger partial charge in [-0.2, -0.15) is 0 Å². The molecule has 1 fully saturated rings. The maximum atomic E-state index is 9.61. The summed E-state index contributed by atoms with van der Waals surface area (Å²) in [7, 11) is 0. The largest absolute Gasteiger partial charge is 0.508 e. The molecule has 2 aliphatic rings. The first-order valence-electron chi connectivity index (χ1n) is 7.84. The normalized spacial score (nSPS) is 23.9. The van der Waals surface area contributed by atoms with E-state index in [1.54, 1.807) is 0 Å². The first-order valence-corrected chi connectivity index (χ1v) is 7.84. The Labute approximate surface area is 116 Å². The van der Waals surface area contributed by atoms with Crippen LogP contribution in [-0.4, -0.2) is 11.1 Å². The lowest BCUT2D eigenvalue weighted by molar-refractivity contribution is 0.361. The lowest BCUT2D eigenvalue weighted by Crippen LogP contribution is -2.34. The fraction of sp³-hybridized carbons (Fsp3) is 0.647. The predicted octanol–water partition coefficient (Wildman–Crippen LogP) is 3.94. The van der Waals surface area contributed by atoms with E-state index in [4.69, 9.17) is 0 Å². The highest BCUT2D eigenvalue weighted by molar-refractivity contribution is 5.38. The Bertz CT molecular complexity index is 439. The van der Waals surface area contributed by atoms with Gasteiger partial charge in [0, 0.05) is 12.1 Å². The minimum Gasteiger partial charge on any atom is -0.508 e. The van der Waals surface area contributed by atoms with Crippen LogP contribution in [0, 0.1) is 5.92 Å². The van der Waals surface area contributed by atoms with Gasteiger partial charge in [0.15, 0.2) is 0 Å². The van der Waals surface area contributed by atoms with Crippen LogP contribution < -0.4 is 5.32 Å². The second-order valence-electron chi connectivity index (χ2n) is 6.28. The zero-order valence-corrected chi connectivity index (χ0v) is 11.9. The molecule has 1 saturated carbocycles. The predicted molar refractivity (Wildman–Crippen MR) is 78.3 cm³/mol. The standard InChI is InChI=1S/C17H25NO/c1-2-14(10-12-6-7-12)18-17-5-3-4-13-11-15(19)8-9-16(13)17/h8-9,11-12,14,17-19H,2-7,10H2,1H3. The van der Waals surface area contributed by atoms with Crippen LogP contribution in [0.2, 0.25) is 0 Å². The molecule has 104 valence electrons. The molecule has 3 rings (SSSR count). The van der Waals surface area contributed by atoms with Crippen molar-refractivity contribution in [1.29, 1.82) is 0 Å². The fourth-order valence-corrected chi connectivity index (χ4v) is 3.37. The summed E-state index contributed by atoms with van der Waals surface area (Å²) in [4.78, 5) is 0. The first-order chi connectivity index (χ1) is 9.26. The van der Waals surface area contributed by atoms with E-state index in [0.29, 0.717) is 17.8 Å². The molecule has 2 atom stereocenters. The number of hydrogen-bond donors (Lipinski definition) is 2. The van der Waals surface area contributed by atoms with Crippen LogP contribution in [0.25, 0.3) is 0 Å². The van der Waals surface area contributed by atoms with Gasteiger partial charge in [-0.1, -0.05) is 25.8 Å². The Kier molecular flexibility index (Phi) is 3.79. The van der Waals surface area contributed by atoms with E-state index in [-0.39, 0.29) is 0 Å². The molecule has 0 radical (unpaired) electrons.